The van der Waals surface area contributed by atoms with Gasteiger partial charge in [0.15, 0.2) is 0 Å². The van der Waals surface area contributed by atoms with Crippen molar-refractivity contribution >= 4 is 5.97 Å². The molecule has 1 heterocycles. The predicted octanol–water partition coefficient (Wildman–Crippen LogP) is 1.17. The minimum absolute atomic E-state index is 0.000556. The molecule has 72 valence electrons. The summed E-state index contributed by atoms with van der Waals surface area (Å²) in [6, 6.07) is 1.85. The highest BCUT2D eigenvalue weighted by molar-refractivity contribution is 5.69. The van der Waals surface area contributed by atoms with Crippen molar-refractivity contribution in [3.63, 3.8) is 0 Å². The molecule has 0 unspecified atom stereocenters. The molecule has 4 nitrogen and oxygen atoms in total. The molecular formula is C9H14N2O2. The second-order valence-electron chi connectivity index (χ2n) is 3.41. The highest BCUT2D eigenvalue weighted by atomic mass is 16.4. The summed E-state index contributed by atoms with van der Waals surface area (Å²) in [6.07, 6.45) is 0.000556. The Kier molecular flexibility index (Phi) is 2.70. The molecule has 0 aromatic carbocycles. The minimum atomic E-state index is -0.839. The van der Waals surface area contributed by atoms with Crippen LogP contribution in [0.15, 0.2) is 6.07 Å². The molecule has 0 atom stereocenters. The van der Waals surface area contributed by atoms with E-state index in [-0.39, 0.29) is 6.42 Å². The number of hydrogen-bond donors (Lipinski definition) is 1. The Hall–Kier alpha value is -1.32. The number of carboxylic acid groups (broad SMARTS) is 1. The SMILES string of the molecule is CC(C)c1cc(CC(=O)O)nn1C. The molecule has 1 rings (SSSR count). The van der Waals surface area contributed by atoms with E-state index in [0.29, 0.717) is 11.6 Å². The van der Waals surface area contributed by atoms with Crippen LogP contribution in [0.25, 0.3) is 0 Å². The predicted molar refractivity (Wildman–Crippen MR) is 48.6 cm³/mol. The van der Waals surface area contributed by atoms with Crippen molar-refractivity contribution in [3.8, 4) is 0 Å². The van der Waals surface area contributed by atoms with Gasteiger partial charge in [0.2, 0.25) is 0 Å². The van der Waals surface area contributed by atoms with Crippen LogP contribution in [0.2, 0.25) is 0 Å². The Labute approximate surface area is 77.2 Å². The molecule has 1 aromatic heterocycles. The molecule has 1 N–H and O–H groups in total. The summed E-state index contributed by atoms with van der Waals surface area (Å²) >= 11 is 0. The van der Waals surface area contributed by atoms with Gasteiger partial charge >= 0.3 is 5.97 Å². The molecule has 0 fully saturated rings. The van der Waals surface area contributed by atoms with E-state index in [1.165, 1.54) is 0 Å². The summed E-state index contributed by atoms with van der Waals surface area (Å²) in [5, 5.41) is 12.7. The lowest BCUT2D eigenvalue weighted by Gasteiger charge is -2.02. The van der Waals surface area contributed by atoms with Crippen LogP contribution < -0.4 is 0 Å². The minimum Gasteiger partial charge on any atom is -0.481 e. The first-order valence-electron chi connectivity index (χ1n) is 4.25. The fraction of sp³-hybridized carbons (Fsp3) is 0.556. The summed E-state index contributed by atoms with van der Waals surface area (Å²) in [5.41, 5.74) is 1.69. The number of rotatable bonds is 3. The monoisotopic (exact) mass is 182 g/mol. The van der Waals surface area contributed by atoms with Gasteiger partial charge in [-0.1, -0.05) is 13.8 Å². The van der Waals surface area contributed by atoms with Gasteiger partial charge in [0.05, 0.1) is 12.1 Å². The van der Waals surface area contributed by atoms with Crippen molar-refractivity contribution in [2.75, 3.05) is 0 Å². The van der Waals surface area contributed by atoms with Crippen LogP contribution in [0.4, 0.5) is 0 Å². The van der Waals surface area contributed by atoms with E-state index in [4.69, 9.17) is 5.11 Å². The average molecular weight is 182 g/mol. The highest BCUT2D eigenvalue weighted by Crippen LogP contribution is 2.14. The molecule has 13 heavy (non-hydrogen) atoms. The lowest BCUT2D eigenvalue weighted by molar-refractivity contribution is -0.136. The van der Waals surface area contributed by atoms with E-state index < -0.39 is 5.97 Å². The van der Waals surface area contributed by atoms with Crippen molar-refractivity contribution in [3.05, 3.63) is 17.5 Å². The largest absolute Gasteiger partial charge is 0.481 e. The van der Waals surface area contributed by atoms with E-state index in [0.717, 1.165) is 5.69 Å². The number of hydrogen-bond acceptors (Lipinski definition) is 2. The summed E-state index contributed by atoms with van der Waals surface area (Å²) < 4.78 is 1.74. The van der Waals surface area contributed by atoms with E-state index in [9.17, 15) is 4.79 Å². The van der Waals surface area contributed by atoms with Crippen LogP contribution in [-0.2, 0) is 18.3 Å². The van der Waals surface area contributed by atoms with Crippen molar-refractivity contribution in [2.24, 2.45) is 7.05 Å². The molecule has 0 aliphatic carbocycles. The lowest BCUT2D eigenvalue weighted by atomic mass is 10.1. The van der Waals surface area contributed by atoms with Crippen LogP contribution >= 0.6 is 0 Å². The van der Waals surface area contributed by atoms with Crippen LogP contribution in [-0.4, -0.2) is 20.9 Å². The number of carbonyl (C=O) groups is 1. The number of aryl methyl sites for hydroxylation is 1. The number of aromatic nitrogens is 2. The maximum Gasteiger partial charge on any atom is 0.309 e. The first-order valence-corrected chi connectivity index (χ1v) is 4.25. The molecule has 0 aliphatic rings. The van der Waals surface area contributed by atoms with Gasteiger partial charge in [-0.05, 0) is 12.0 Å². The summed E-state index contributed by atoms with van der Waals surface area (Å²) in [6.45, 7) is 4.11. The normalized spacial score (nSPS) is 10.8. The van der Waals surface area contributed by atoms with Gasteiger partial charge in [0.25, 0.3) is 0 Å². The van der Waals surface area contributed by atoms with Gasteiger partial charge in [0, 0.05) is 12.7 Å². The van der Waals surface area contributed by atoms with E-state index >= 15 is 0 Å². The van der Waals surface area contributed by atoms with E-state index in [1.54, 1.807) is 4.68 Å². The standard InChI is InChI=1S/C9H14N2O2/c1-6(2)8-4-7(5-9(12)13)10-11(8)3/h4,6H,5H2,1-3H3,(H,12,13). The average Bonchev–Trinajstić information content (AvgIpc) is 2.29. The van der Waals surface area contributed by atoms with E-state index in [1.807, 2.05) is 13.1 Å². The number of carboxylic acids is 1. The molecule has 1 aromatic rings. The fourth-order valence-electron chi connectivity index (χ4n) is 1.33. The summed E-state index contributed by atoms with van der Waals surface area (Å²) in [7, 11) is 1.83. The Morgan fingerprint density at radius 1 is 1.69 bits per heavy atom. The Morgan fingerprint density at radius 3 is 2.69 bits per heavy atom. The Bertz CT molecular complexity index is 315. The Balaban J connectivity index is 2.88. The summed E-state index contributed by atoms with van der Waals surface area (Å²) in [5.74, 6) is -0.464. The van der Waals surface area contributed by atoms with Gasteiger partial charge in [-0.3, -0.25) is 9.48 Å². The molecule has 0 radical (unpaired) electrons. The van der Waals surface area contributed by atoms with Gasteiger partial charge in [-0.25, -0.2) is 0 Å². The van der Waals surface area contributed by atoms with Gasteiger partial charge in [0.1, 0.15) is 0 Å². The van der Waals surface area contributed by atoms with Crippen molar-refractivity contribution < 1.29 is 9.90 Å². The molecule has 0 amide bonds. The smallest absolute Gasteiger partial charge is 0.309 e. The van der Waals surface area contributed by atoms with Crippen LogP contribution in [0, 0.1) is 0 Å². The van der Waals surface area contributed by atoms with Gasteiger partial charge in [-0.15, -0.1) is 0 Å². The van der Waals surface area contributed by atoms with Crippen molar-refractivity contribution in [1.29, 1.82) is 0 Å². The maximum absolute atomic E-state index is 10.4. The van der Waals surface area contributed by atoms with Crippen molar-refractivity contribution in [1.82, 2.24) is 9.78 Å². The van der Waals surface area contributed by atoms with Crippen LogP contribution in [0.1, 0.15) is 31.2 Å². The third-order valence-corrected chi connectivity index (χ3v) is 1.89. The third-order valence-electron chi connectivity index (χ3n) is 1.89. The topological polar surface area (TPSA) is 55.1 Å². The van der Waals surface area contributed by atoms with Gasteiger partial charge < -0.3 is 5.11 Å². The zero-order chi connectivity index (χ0) is 10.0. The second-order valence-corrected chi connectivity index (χ2v) is 3.41. The first kappa shape index (κ1) is 9.77. The van der Waals surface area contributed by atoms with Crippen LogP contribution in [0.5, 0.6) is 0 Å². The first-order chi connectivity index (χ1) is 6.00. The summed E-state index contributed by atoms with van der Waals surface area (Å²) in [4.78, 5) is 10.4. The lowest BCUT2D eigenvalue weighted by Crippen LogP contribution is -2.02. The second kappa shape index (κ2) is 3.60. The Morgan fingerprint density at radius 2 is 2.31 bits per heavy atom. The number of nitrogens with zero attached hydrogens (tertiary/aromatic N) is 2. The van der Waals surface area contributed by atoms with E-state index in [2.05, 4.69) is 18.9 Å². The molecule has 4 heteroatoms. The zero-order valence-corrected chi connectivity index (χ0v) is 8.11. The molecule has 0 aliphatic heterocycles. The van der Waals surface area contributed by atoms with Crippen molar-refractivity contribution in [2.45, 2.75) is 26.2 Å². The maximum atomic E-state index is 10.4. The molecular weight excluding hydrogens is 168 g/mol. The molecule has 0 bridgehead atoms. The quantitative estimate of drug-likeness (QED) is 0.763. The molecule has 0 saturated carbocycles. The number of aliphatic carboxylic acids is 1. The fourth-order valence-corrected chi connectivity index (χ4v) is 1.33. The van der Waals surface area contributed by atoms with Crippen LogP contribution in [0.3, 0.4) is 0 Å². The zero-order valence-electron chi connectivity index (χ0n) is 8.11. The van der Waals surface area contributed by atoms with Gasteiger partial charge in [-0.2, -0.15) is 5.10 Å². The molecule has 0 saturated heterocycles. The highest BCUT2D eigenvalue weighted by Gasteiger charge is 2.10. The molecule has 0 spiro atoms. The third kappa shape index (κ3) is 2.31.